The van der Waals surface area contributed by atoms with E-state index >= 15 is 0 Å². The van der Waals surface area contributed by atoms with Gasteiger partial charge in [-0.05, 0) is 0 Å². The monoisotopic (exact) mass is 327 g/mol. The smallest absolute Gasteiger partial charge is 0.351 e. The molecule has 2 aromatic heterocycles. The van der Waals surface area contributed by atoms with Crippen molar-refractivity contribution in [1.29, 1.82) is 0 Å². The molecule has 22 heavy (non-hydrogen) atoms. The molecule has 11 heteroatoms. The molecule has 0 bridgehead atoms. The molecule has 2 heterocycles. The van der Waals surface area contributed by atoms with Crippen molar-refractivity contribution in [2.24, 2.45) is 0 Å². The van der Waals surface area contributed by atoms with Crippen molar-refractivity contribution in [2.75, 3.05) is 18.7 Å². The van der Waals surface area contributed by atoms with E-state index in [0.29, 0.717) is 11.2 Å². The number of rotatable bonds is 6. The lowest BCUT2D eigenvalue weighted by atomic mass is 10.1. The summed E-state index contributed by atoms with van der Waals surface area (Å²) >= 11 is 0. The van der Waals surface area contributed by atoms with E-state index in [1.54, 1.807) is 0 Å². The lowest BCUT2D eigenvalue weighted by molar-refractivity contribution is -0.0327. The molecule has 0 saturated carbocycles. The number of nitrogen functional groups attached to an aromatic ring is 1. The summed E-state index contributed by atoms with van der Waals surface area (Å²) in [5.74, 6) is 2.39. The molecule has 0 saturated heterocycles. The Balaban J connectivity index is 2.32. The average molecular weight is 327 g/mol. The molecule has 2 rings (SSSR count). The number of hydrogen-bond donors (Lipinski definition) is 4. The second kappa shape index (κ2) is 6.00. The third-order valence-corrected chi connectivity index (χ3v) is 3.35. The molecule has 0 aliphatic heterocycles. The largest absolute Gasteiger partial charge is 0.392 e. The quantitative estimate of drug-likeness (QED) is 0.383. The van der Waals surface area contributed by atoms with Gasteiger partial charge in [-0.25, -0.2) is 15.0 Å². The van der Waals surface area contributed by atoms with Gasteiger partial charge in [-0.1, -0.05) is 5.92 Å². The van der Waals surface area contributed by atoms with Crippen LogP contribution >= 0.6 is 7.60 Å². The fourth-order valence-electron chi connectivity index (χ4n) is 1.77. The Hall–Kier alpha value is -2.02. The zero-order chi connectivity index (χ0) is 16.4. The van der Waals surface area contributed by atoms with Gasteiger partial charge in [0.25, 0.3) is 0 Å². The number of aliphatic hydroxyl groups is 1. The Morgan fingerprint density at radius 3 is 2.77 bits per heavy atom. The number of ether oxygens (including phenoxy) is 1. The first kappa shape index (κ1) is 16.4. The van der Waals surface area contributed by atoms with Crippen molar-refractivity contribution in [3.05, 3.63) is 12.7 Å². The molecule has 0 aromatic carbocycles. The highest BCUT2D eigenvalue weighted by molar-refractivity contribution is 7.51. The highest BCUT2D eigenvalue weighted by atomic mass is 31.2. The molecule has 0 spiro atoms. The lowest BCUT2D eigenvalue weighted by Gasteiger charge is -2.27. The van der Waals surface area contributed by atoms with Gasteiger partial charge in [-0.3, -0.25) is 4.57 Å². The van der Waals surface area contributed by atoms with Gasteiger partial charge in [0.2, 0.25) is 0 Å². The van der Waals surface area contributed by atoms with Crippen LogP contribution in [0.15, 0.2) is 12.7 Å². The molecule has 5 N–H and O–H groups in total. The normalized spacial score (nSPS) is 14.6. The first-order chi connectivity index (χ1) is 10.3. The van der Waals surface area contributed by atoms with Gasteiger partial charge < -0.3 is 29.9 Å². The maximum atomic E-state index is 10.9. The van der Waals surface area contributed by atoms with Gasteiger partial charge in [-0.15, -0.1) is 6.42 Å². The van der Waals surface area contributed by atoms with Crippen LogP contribution in [0.1, 0.15) is 0 Å². The van der Waals surface area contributed by atoms with Crippen LogP contribution in [0.4, 0.5) is 5.82 Å². The summed E-state index contributed by atoms with van der Waals surface area (Å²) in [7, 11) is -4.43. The van der Waals surface area contributed by atoms with Crippen molar-refractivity contribution in [2.45, 2.75) is 12.1 Å². The topological polar surface area (TPSA) is 157 Å². The van der Waals surface area contributed by atoms with Crippen LogP contribution in [0, 0.1) is 12.3 Å². The molecule has 1 atom stereocenters. The first-order valence-corrected chi connectivity index (χ1v) is 7.78. The summed E-state index contributed by atoms with van der Waals surface area (Å²) in [4.78, 5) is 29.6. The Bertz CT molecular complexity index is 766. The predicted molar refractivity (Wildman–Crippen MR) is 76.4 cm³/mol. The summed E-state index contributed by atoms with van der Waals surface area (Å²) in [5.41, 5.74) is 4.74. The van der Waals surface area contributed by atoms with E-state index < -0.39 is 26.2 Å². The Kier molecular flexibility index (Phi) is 4.46. The summed E-state index contributed by atoms with van der Waals surface area (Å²) in [6.07, 6.45) is 7.06. The molecule has 1 unspecified atom stereocenters. The number of fused-ring (bicyclic) bond motifs is 1. The van der Waals surface area contributed by atoms with E-state index in [1.165, 1.54) is 17.2 Å². The van der Waals surface area contributed by atoms with Crippen molar-refractivity contribution in [1.82, 2.24) is 19.5 Å². The number of imidazole rings is 1. The van der Waals surface area contributed by atoms with Crippen molar-refractivity contribution in [3.63, 3.8) is 0 Å². The summed E-state index contributed by atoms with van der Waals surface area (Å²) in [6.45, 7) is -0.767. The lowest BCUT2D eigenvalue weighted by Crippen LogP contribution is -2.40. The molecule has 0 aliphatic rings. The number of nitrogens with two attached hydrogens (primary N) is 1. The highest BCUT2D eigenvalue weighted by Gasteiger charge is 2.32. The summed E-state index contributed by atoms with van der Waals surface area (Å²) in [6, 6.07) is 0. The van der Waals surface area contributed by atoms with E-state index in [9.17, 15) is 9.67 Å². The molecule has 0 fully saturated rings. The highest BCUT2D eigenvalue weighted by Crippen LogP contribution is 2.36. The van der Waals surface area contributed by atoms with Crippen molar-refractivity contribution < 1.29 is 24.2 Å². The Labute approximate surface area is 125 Å². The molecular weight excluding hydrogens is 313 g/mol. The van der Waals surface area contributed by atoms with E-state index in [-0.39, 0.29) is 12.4 Å². The van der Waals surface area contributed by atoms with Crippen LogP contribution in [0.3, 0.4) is 0 Å². The summed E-state index contributed by atoms with van der Waals surface area (Å²) < 4.78 is 17.5. The van der Waals surface area contributed by atoms with E-state index in [0.717, 1.165) is 0 Å². The number of aliphatic hydroxyl groups excluding tert-OH is 1. The average Bonchev–Trinajstić information content (AvgIpc) is 2.87. The number of hydrogen-bond acceptors (Lipinski definition) is 7. The van der Waals surface area contributed by atoms with Crippen LogP contribution in [0.25, 0.3) is 11.2 Å². The number of aromatic nitrogens is 4. The molecule has 10 nitrogen and oxygen atoms in total. The Morgan fingerprint density at radius 1 is 1.45 bits per heavy atom. The van der Waals surface area contributed by atoms with Gasteiger partial charge in [-0.2, -0.15) is 0 Å². The molecule has 2 aromatic rings. The van der Waals surface area contributed by atoms with Gasteiger partial charge in [0.05, 0.1) is 19.5 Å². The van der Waals surface area contributed by atoms with Gasteiger partial charge in [0, 0.05) is 0 Å². The van der Waals surface area contributed by atoms with Gasteiger partial charge in [0.15, 0.2) is 23.4 Å². The number of terminal acetylenes is 1. The molecular formula is C11H14N5O5P. The van der Waals surface area contributed by atoms with Gasteiger partial charge in [0.1, 0.15) is 11.8 Å². The molecule has 0 aliphatic carbocycles. The van der Waals surface area contributed by atoms with E-state index in [4.69, 9.17) is 26.7 Å². The molecule has 118 valence electrons. The van der Waals surface area contributed by atoms with Crippen molar-refractivity contribution >= 4 is 24.6 Å². The minimum absolute atomic E-state index is 0.118. The standard InChI is InChI=1S/C11H14N5O5P/c1-2-11(4-17,21-7-22(18,19)20)3-16-6-15-8-9(12)13-5-14-10(8)16/h1,5-6,17H,3-4,7H2,(H2,12,13,14)(H2,18,19,20). The van der Waals surface area contributed by atoms with Crippen LogP contribution < -0.4 is 5.73 Å². The summed E-state index contributed by atoms with van der Waals surface area (Å²) in [5, 5.41) is 9.49. The third kappa shape index (κ3) is 3.41. The minimum atomic E-state index is -4.43. The second-order valence-corrected chi connectivity index (χ2v) is 6.13. The number of nitrogens with zero attached hydrogens (tertiary/aromatic N) is 4. The second-order valence-electron chi connectivity index (χ2n) is 4.54. The van der Waals surface area contributed by atoms with Crippen LogP contribution in [-0.2, 0) is 15.8 Å². The third-order valence-electron chi connectivity index (χ3n) is 2.88. The van der Waals surface area contributed by atoms with Crippen LogP contribution in [0.2, 0.25) is 0 Å². The number of anilines is 1. The fraction of sp³-hybridized carbons (Fsp3) is 0.364. The first-order valence-electron chi connectivity index (χ1n) is 5.99. The fourth-order valence-corrected chi connectivity index (χ4v) is 2.19. The zero-order valence-corrected chi connectivity index (χ0v) is 12.2. The van der Waals surface area contributed by atoms with Crippen LogP contribution in [-0.4, -0.2) is 53.0 Å². The van der Waals surface area contributed by atoms with E-state index in [1.807, 2.05) is 0 Å². The maximum Gasteiger partial charge on any atom is 0.351 e. The minimum Gasteiger partial charge on any atom is -0.392 e. The van der Waals surface area contributed by atoms with Crippen LogP contribution in [0.5, 0.6) is 0 Å². The predicted octanol–water partition coefficient (Wildman–Crippen LogP) is -1.08. The van der Waals surface area contributed by atoms with Crippen molar-refractivity contribution in [3.8, 4) is 12.3 Å². The van der Waals surface area contributed by atoms with Gasteiger partial charge >= 0.3 is 7.60 Å². The molecule has 0 amide bonds. The molecule has 0 radical (unpaired) electrons. The Morgan fingerprint density at radius 2 is 2.18 bits per heavy atom. The van der Waals surface area contributed by atoms with E-state index in [2.05, 4.69) is 20.9 Å². The SMILES string of the molecule is C#CC(CO)(Cn1cnc2c(N)ncnc21)OCP(=O)(O)O. The zero-order valence-electron chi connectivity index (χ0n) is 11.3. The maximum absolute atomic E-state index is 10.9.